The number of hydrogen-bond acceptors (Lipinski definition) is 2. The molecule has 3 aromatic rings. The molecule has 4 rings (SSSR count). The molecule has 2 heteroatoms. The van der Waals surface area contributed by atoms with E-state index in [4.69, 9.17) is 0 Å². The SMILES string of the molecule is CCc1ccc(N=Nc2ccc(C#Cc3ccc4c(c3)CCC(CC)C4)cc2)cc1. The van der Waals surface area contributed by atoms with Crippen LogP contribution in [-0.4, -0.2) is 0 Å². The fraction of sp³-hybridized carbons (Fsp3) is 0.286. The molecule has 0 radical (unpaired) electrons. The molecule has 0 N–H and O–H groups in total. The molecule has 0 fully saturated rings. The number of azo groups is 1. The van der Waals surface area contributed by atoms with Crippen LogP contribution in [0.2, 0.25) is 0 Å². The van der Waals surface area contributed by atoms with Crippen molar-refractivity contribution in [2.45, 2.75) is 46.0 Å². The molecule has 3 aromatic carbocycles. The number of nitrogens with zero attached hydrogens (tertiary/aromatic N) is 2. The molecule has 1 aliphatic rings. The Kier molecular flexibility index (Phi) is 6.40. The maximum absolute atomic E-state index is 4.33. The smallest absolute Gasteiger partial charge is 0.0857 e. The predicted molar refractivity (Wildman–Crippen MR) is 125 cm³/mol. The second-order valence-electron chi connectivity index (χ2n) is 8.02. The number of benzene rings is 3. The third kappa shape index (κ3) is 5.05. The maximum Gasteiger partial charge on any atom is 0.0857 e. The summed E-state index contributed by atoms with van der Waals surface area (Å²) in [4.78, 5) is 0. The molecule has 1 aliphatic carbocycles. The molecule has 150 valence electrons. The van der Waals surface area contributed by atoms with Crippen molar-refractivity contribution < 1.29 is 0 Å². The van der Waals surface area contributed by atoms with Gasteiger partial charge in [-0.2, -0.15) is 10.2 Å². The van der Waals surface area contributed by atoms with Crippen LogP contribution in [0.1, 0.15) is 54.5 Å². The average Bonchev–Trinajstić information content (AvgIpc) is 2.82. The third-order valence-electron chi connectivity index (χ3n) is 5.96. The van der Waals surface area contributed by atoms with Crippen LogP contribution < -0.4 is 0 Å². The first kappa shape index (κ1) is 20.1. The highest BCUT2D eigenvalue weighted by Crippen LogP contribution is 2.28. The van der Waals surface area contributed by atoms with E-state index in [-0.39, 0.29) is 0 Å². The first-order valence-corrected chi connectivity index (χ1v) is 11.0. The van der Waals surface area contributed by atoms with Crippen molar-refractivity contribution >= 4 is 11.4 Å². The molecule has 0 spiro atoms. The fourth-order valence-electron chi connectivity index (χ4n) is 3.93. The maximum atomic E-state index is 4.33. The van der Waals surface area contributed by atoms with Crippen LogP contribution in [0.25, 0.3) is 0 Å². The Hall–Kier alpha value is -3.18. The zero-order chi connectivity index (χ0) is 20.8. The van der Waals surface area contributed by atoms with Crippen LogP contribution >= 0.6 is 0 Å². The Bertz CT molecular complexity index is 1080. The summed E-state index contributed by atoms with van der Waals surface area (Å²) in [5, 5.41) is 8.65. The summed E-state index contributed by atoms with van der Waals surface area (Å²) in [6.07, 6.45) is 6.02. The van der Waals surface area contributed by atoms with Crippen LogP contribution in [0.5, 0.6) is 0 Å². The summed E-state index contributed by atoms with van der Waals surface area (Å²) in [6.45, 7) is 4.44. The van der Waals surface area contributed by atoms with Gasteiger partial charge in [-0.25, -0.2) is 0 Å². The highest BCUT2D eigenvalue weighted by Gasteiger charge is 2.16. The fourth-order valence-corrected chi connectivity index (χ4v) is 3.93. The highest BCUT2D eigenvalue weighted by atomic mass is 15.1. The molecule has 0 heterocycles. The quantitative estimate of drug-likeness (QED) is 0.323. The normalized spacial score (nSPS) is 15.5. The van der Waals surface area contributed by atoms with E-state index in [0.29, 0.717) is 0 Å². The largest absolute Gasteiger partial charge is 0.151 e. The van der Waals surface area contributed by atoms with E-state index >= 15 is 0 Å². The summed E-state index contributed by atoms with van der Waals surface area (Å²) < 4.78 is 0. The van der Waals surface area contributed by atoms with Gasteiger partial charge in [0, 0.05) is 11.1 Å². The van der Waals surface area contributed by atoms with Gasteiger partial charge >= 0.3 is 0 Å². The summed E-state index contributed by atoms with van der Waals surface area (Å²) in [5.41, 5.74) is 8.09. The molecule has 0 saturated carbocycles. The monoisotopic (exact) mass is 392 g/mol. The van der Waals surface area contributed by atoms with Crippen molar-refractivity contribution in [2.24, 2.45) is 16.1 Å². The van der Waals surface area contributed by atoms with Gasteiger partial charge in [-0.15, -0.1) is 0 Å². The molecule has 0 aliphatic heterocycles. The van der Waals surface area contributed by atoms with Gasteiger partial charge in [0.1, 0.15) is 0 Å². The Morgan fingerprint density at radius 3 is 2.07 bits per heavy atom. The first-order chi connectivity index (χ1) is 14.7. The summed E-state index contributed by atoms with van der Waals surface area (Å²) >= 11 is 0. The van der Waals surface area contributed by atoms with Gasteiger partial charge in [-0.3, -0.25) is 0 Å². The Balaban J connectivity index is 1.42. The molecule has 1 unspecified atom stereocenters. The van der Waals surface area contributed by atoms with E-state index in [9.17, 15) is 0 Å². The molecule has 1 atom stereocenters. The summed E-state index contributed by atoms with van der Waals surface area (Å²) in [5.74, 6) is 7.45. The van der Waals surface area contributed by atoms with Gasteiger partial charge in [-0.1, -0.05) is 50.3 Å². The standard InChI is InChI=1S/C28H28N2/c1-3-21-9-15-27(16-10-21)29-30-28-17-11-23(12-18-28)5-6-24-8-14-25-19-22(4-2)7-13-26(25)20-24/h8-12,14-18,20,22H,3-4,7,13,19H2,1-2H3. The van der Waals surface area contributed by atoms with Gasteiger partial charge in [-0.05, 0) is 96.8 Å². The highest BCUT2D eigenvalue weighted by molar-refractivity contribution is 5.49. The van der Waals surface area contributed by atoms with Crippen molar-refractivity contribution in [1.29, 1.82) is 0 Å². The first-order valence-electron chi connectivity index (χ1n) is 11.0. The van der Waals surface area contributed by atoms with Crippen LogP contribution in [0.4, 0.5) is 11.4 Å². The predicted octanol–water partition coefficient (Wildman–Crippen LogP) is 7.58. The molecule has 30 heavy (non-hydrogen) atoms. The van der Waals surface area contributed by atoms with E-state index in [0.717, 1.165) is 34.8 Å². The van der Waals surface area contributed by atoms with Crippen LogP contribution in [0, 0.1) is 17.8 Å². The molecule has 0 aromatic heterocycles. The average molecular weight is 393 g/mol. The molecular formula is C28H28N2. The Morgan fingerprint density at radius 2 is 1.40 bits per heavy atom. The van der Waals surface area contributed by atoms with E-state index in [2.05, 4.69) is 66.2 Å². The lowest BCUT2D eigenvalue weighted by molar-refractivity contribution is 0.445. The number of aryl methyl sites for hydroxylation is 2. The van der Waals surface area contributed by atoms with Gasteiger partial charge in [0.2, 0.25) is 0 Å². The van der Waals surface area contributed by atoms with Crippen molar-refractivity contribution in [2.75, 3.05) is 0 Å². The van der Waals surface area contributed by atoms with Crippen molar-refractivity contribution in [3.05, 3.63) is 94.5 Å². The van der Waals surface area contributed by atoms with Crippen molar-refractivity contribution in [1.82, 2.24) is 0 Å². The minimum absolute atomic E-state index is 0.833. The Labute approximate surface area is 180 Å². The zero-order valence-corrected chi connectivity index (χ0v) is 17.9. The van der Waals surface area contributed by atoms with E-state index < -0.39 is 0 Å². The van der Waals surface area contributed by atoms with Crippen LogP contribution in [0.15, 0.2) is 77.0 Å². The van der Waals surface area contributed by atoms with Crippen LogP contribution in [0.3, 0.4) is 0 Å². The number of hydrogen-bond donors (Lipinski definition) is 0. The zero-order valence-electron chi connectivity index (χ0n) is 17.9. The number of fused-ring (bicyclic) bond motifs is 1. The third-order valence-corrected chi connectivity index (χ3v) is 5.96. The molecule has 0 amide bonds. The van der Waals surface area contributed by atoms with E-state index in [1.807, 2.05) is 36.4 Å². The van der Waals surface area contributed by atoms with Gasteiger partial charge in [0.25, 0.3) is 0 Å². The second-order valence-corrected chi connectivity index (χ2v) is 8.02. The number of rotatable bonds is 4. The molecule has 0 bridgehead atoms. The van der Waals surface area contributed by atoms with Crippen molar-refractivity contribution in [3.8, 4) is 11.8 Å². The summed E-state index contributed by atoms with van der Waals surface area (Å²) in [7, 11) is 0. The molecule has 0 saturated heterocycles. The molecular weight excluding hydrogens is 364 g/mol. The summed E-state index contributed by atoms with van der Waals surface area (Å²) in [6, 6.07) is 22.8. The van der Waals surface area contributed by atoms with Crippen molar-refractivity contribution in [3.63, 3.8) is 0 Å². The van der Waals surface area contributed by atoms with E-state index in [1.54, 1.807) is 0 Å². The van der Waals surface area contributed by atoms with Gasteiger partial charge in [0.15, 0.2) is 0 Å². The van der Waals surface area contributed by atoms with Gasteiger partial charge < -0.3 is 0 Å². The van der Waals surface area contributed by atoms with Gasteiger partial charge in [0.05, 0.1) is 11.4 Å². The van der Waals surface area contributed by atoms with Crippen LogP contribution in [-0.2, 0) is 19.3 Å². The Morgan fingerprint density at radius 1 is 0.767 bits per heavy atom. The minimum atomic E-state index is 0.833. The molecule has 2 nitrogen and oxygen atoms in total. The lowest BCUT2D eigenvalue weighted by atomic mass is 9.82. The minimum Gasteiger partial charge on any atom is -0.151 e. The van der Waals surface area contributed by atoms with E-state index in [1.165, 1.54) is 42.4 Å². The lowest BCUT2D eigenvalue weighted by Crippen LogP contribution is -2.13. The topological polar surface area (TPSA) is 24.7 Å². The lowest BCUT2D eigenvalue weighted by Gasteiger charge is -2.23. The second kappa shape index (κ2) is 9.55.